The molecule has 0 bridgehead atoms. The van der Waals surface area contributed by atoms with Crippen molar-refractivity contribution in [1.82, 2.24) is 9.13 Å². The molecule has 0 radical (unpaired) electrons. The molecule has 4 aliphatic heterocycles. The predicted octanol–water partition coefficient (Wildman–Crippen LogP) is 14.8. The molecule has 3 aromatic heterocycles. The summed E-state index contributed by atoms with van der Waals surface area (Å²) in [7, 11) is 0. The van der Waals surface area contributed by atoms with Crippen LogP contribution in [0.25, 0.3) is 81.2 Å². The molecule has 0 fully saturated rings. The van der Waals surface area contributed by atoms with Crippen molar-refractivity contribution >= 4 is 127 Å². The fourth-order valence-corrected chi connectivity index (χ4v) is 15.9. The first kappa shape index (κ1) is 45.5. The van der Waals surface area contributed by atoms with Crippen LogP contribution in [0, 0.1) is 11.8 Å². The largest absolute Gasteiger partial charge is 0.458 e. The standard InChI is InChI=1S/C72H54B2N2O2S/c1-41(2)47(31-43-17-7-5-8-18-43)32-45-34-62-70-66(36-45)78-64-40-68-54(38-58(64)74(70)56-26-16-24-52-50-22-12-14-28-60(50)76(62)72(52)56)53-37-57-63(39-67(53)79-68)77-65-35-44(29-30-48(42(3)4)46-19-9-6-10-20-46)33-61-69(65)73(57)55-25-15-23-51-49-21-11-13-27-59(49)75(61)71(51)55/h5-28,31,33-42,48H,29-30,32H2,1-4H3/b47-31-/t48-/m0/s1. The lowest BCUT2D eigenvalue weighted by atomic mass is 9.34. The third-order valence-electron chi connectivity index (χ3n) is 18.4. The topological polar surface area (TPSA) is 28.3 Å². The first-order valence-electron chi connectivity index (χ1n) is 28.4. The van der Waals surface area contributed by atoms with Crippen LogP contribution in [-0.4, -0.2) is 22.6 Å². The Bertz CT molecular complexity index is 4790. The van der Waals surface area contributed by atoms with Gasteiger partial charge in [-0.25, -0.2) is 0 Å². The van der Waals surface area contributed by atoms with E-state index in [4.69, 9.17) is 9.47 Å². The molecule has 0 unspecified atom stereocenters. The molecule has 10 aromatic carbocycles. The number of aromatic nitrogens is 2. The molecular formula is C72H54B2N2O2S. The van der Waals surface area contributed by atoms with Gasteiger partial charge in [-0.1, -0.05) is 185 Å². The van der Waals surface area contributed by atoms with Gasteiger partial charge in [-0.3, -0.25) is 0 Å². The maximum absolute atomic E-state index is 7.35. The molecule has 7 heterocycles. The Morgan fingerprint density at radius 1 is 0.481 bits per heavy atom. The van der Waals surface area contributed by atoms with E-state index in [1.165, 1.54) is 136 Å². The van der Waals surface area contributed by atoms with Crippen LogP contribution in [0.2, 0.25) is 0 Å². The zero-order valence-electron chi connectivity index (χ0n) is 44.7. The van der Waals surface area contributed by atoms with Crippen molar-refractivity contribution in [1.29, 1.82) is 0 Å². The third kappa shape index (κ3) is 6.63. The second-order valence-electron chi connectivity index (χ2n) is 23.5. The van der Waals surface area contributed by atoms with Crippen molar-refractivity contribution in [3.63, 3.8) is 0 Å². The Balaban J connectivity index is 0.845. The summed E-state index contributed by atoms with van der Waals surface area (Å²) in [5.74, 6) is 5.17. The number of aryl methyl sites for hydroxylation is 1. The van der Waals surface area contributed by atoms with E-state index in [1.54, 1.807) is 0 Å². The number of hydrogen-bond acceptors (Lipinski definition) is 3. The van der Waals surface area contributed by atoms with Gasteiger partial charge in [-0.15, -0.1) is 11.3 Å². The first-order valence-corrected chi connectivity index (χ1v) is 29.2. The van der Waals surface area contributed by atoms with Crippen LogP contribution in [0.15, 0.2) is 200 Å². The van der Waals surface area contributed by atoms with Crippen molar-refractivity contribution in [2.24, 2.45) is 11.8 Å². The van der Waals surface area contributed by atoms with Gasteiger partial charge in [0.05, 0.1) is 11.0 Å². The van der Waals surface area contributed by atoms with Crippen molar-refractivity contribution in [3.8, 4) is 34.4 Å². The molecule has 0 spiro atoms. The summed E-state index contributed by atoms with van der Waals surface area (Å²) in [6.45, 7) is 9.34. The fraction of sp³-hybridized carbons (Fsp3) is 0.139. The summed E-state index contributed by atoms with van der Waals surface area (Å²) in [5, 5.41) is 7.68. The first-order chi connectivity index (χ1) is 38.8. The van der Waals surface area contributed by atoms with Crippen LogP contribution < -0.4 is 42.3 Å². The monoisotopic (exact) mass is 1030 g/mol. The Morgan fingerprint density at radius 2 is 0.987 bits per heavy atom. The molecule has 13 aromatic rings. The smallest absolute Gasteiger partial charge is 0.256 e. The van der Waals surface area contributed by atoms with Crippen LogP contribution >= 0.6 is 11.3 Å². The maximum Gasteiger partial charge on any atom is 0.256 e. The van der Waals surface area contributed by atoms with Crippen LogP contribution in [0.3, 0.4) is 0 Å². The molecule has 0 aliphatic carbocycles. The van der Waals surface area contributed by atoms with E-state index in [0.29, 0.717) is 17.8 Å². The van der Waals surface area contributed by atoms with E-state index in [1.807, 2.05) is 11.3 Å². The maximum atomic E-state index is 7.35. The zero-order chi connectivity index (χ0) is 52.4. The number of para-hydroxylation sites is 4. The minimum atomic E-state index is -0.0157. The second kappa shape index (κ2) is 17.0. The summed E-state index contributed by atoms with van der Waals surface area (Å²) in [4.78, 5) is 0. The Labute approximate surface area is 464 Å². The van der Waals surface area contributed by atoms with Crippen LogP contribution in [0.1, 0.15) is 62.3 Å². The zero-order valence-corrected chi connectivity index (χ0v) is 45.5. The lowest BCUT2D eigenvalue weighted by molar-refractivity contribution is 0.466. The average molecular weight is 1030 g/mol. The second-order valence-corrected chi connectivity index (χ2v) is 24.5. The highest BCUT2D eigenvalue weighted by molar-refractivity contribution is 7.26. The molecule has 376 valence electrons. The Hall–Kier alpha value is -8.51. The molecule has 0 amide bonds. The molecule has 79 heavy (non-hydrogen) atoms. The molecule has 17 rings (SSSR count). The summed E-state index contributed by atoms with van der Waals surface area (Å²) < 4.78 is 22.2. The summed E-state index contributed by atoms with van der Waals surface area (Å²) >= 11 is 1.85. The average Bonchev–Trinajstić information content (AvgIpc) is 3.14. The molecule has 4 nitrogen and oxygen atoms in total. The van der Waals surface area contributed by atoms with Gasteiger partial charge in [0, 0.05) is 64.1 Å². The van der Waals surface area contributed by atoms with Gasteiger partial charge >= 0.3 is 0 Å². The van der Waals surface area contributed by atoms with Crippen LogP contribution in [0.5, 0.6) is 23.0 Å². The van der Waals surface area contributed by atoms with E-state index >= 15 is 0 Å². The summed E-state index contributed by atoms with van der Waals surface area (Å²) in [6, 6.07) is 73.1. The fourth-order valence-electron chi connectivity index (χ4n) is 14.8. The van der Waals surface area contributed by atoms with Crippen molar-refractivity contribution in [3.05, 3.63) is 222 Å². The molecule has 7 heteroatoms. The summed E-state index contributed by atoms with van der Waals surface area (Å²) in [6.07, 6.45) is 5.23. The van der Waals surface area contributed by atoms with Crippen molar-refractivity contribution in [2.45, 2.75) is 52.9 Å². The number of rotatable bonds is 9. The minimum absolute atomic E-state index is 0.00315. The van der Waals surface area contributed by atoms with Crippen molar-refractivity contribution < 1.29 is 9.47 Å². The van der Waals surface area contributed by atoms with Gasteiger partial charge in [-0.2, -0.15) is 0 Å². The molecule has 0 saturated carbocycles. The molecule has 0 N–H and O–H groups in total. The Kier molecular flexibility index (Phi) is 9.79. The number of allylic oxidation sites excluding steroid dienone is 1. The van der Waals surface area contributed by atoms with Gasteiger partial charge in [0.25, 0.3) is 13.4 Å². The van der Waals surface area contributed by atoms with E-state index in [2.05, 4.69) is 237 Å². The highest BCUT2D eigenvalue weighted by Crippen LogP contribution is 2.45. The van der Waals surface area contributed by atoms with Crippen LogP contribution in [-0.2, 0) is 12.8 Å². The molecule has 1 atom stereocenters. The van der Waals surface area contributed by atoms with Gasteiger partial charge in [0.15, 0.2) is 0 Å². The highest BCUT2D eigenvalue weighted by Gasteiger charge is 2.43. The van der Waals surface area contributed by atoms with Gasteiger partial charge in [0.2, 0.25) is 0 Å². The van der Waals surface area contributed by atoms with Gasteiger partial charge in [-0.05, 0) is 141 Å². The normalized spacial score (nSPS) is 14.1. The lowest BCUT2D eigenvalue weighted by Gasteiger charge is -2.34. The van der Waals surface area contributed by atoms with Gasteiger partial charge in [0.1, 0.15) is 23.0 Å². The van der Waals surface area contributed by atoms with Crippen molar-refractivity contribution in [2.75, 3.05) is 0 Å². The minimum Gasteiger partial charge on any atom is -0.458 e. The summed E-state index contributed by atoms with van der Waals surface area (Å²) in [5.41, 5.74) is 21.7. The molecule has 0 saturated heterocycles. The number of ether oxygens (including phenoxy) is 2. The van der Waals surface area contributed by atoms with E-state index in [-0.39, 0.29) is 13.4 Å². The molecule has 4 aliphatic rings. The SMILES string of the molecule is CC(C)/C(=C\c1ccccc1)Cc1cc2c3c(c1)-n1c4ccccc4c4cccc(c41)B3c1cc3c(cc1O2)sc1cc2c(cc13)B1c3c(cc(CC[C@H](c4ccccc4)C(C)C)cc3-n3c4ccccc4c4cccc1c43)O2. The van der Waals surface area contributed by atoms with E-state index < -0.39 is 0 Å². The highest BCUT2D eigenvalue weighted by atomic mass is 32.1. The number of thiophene rings is 1. The van der Waals surface area contributed by atoms with E-state index in [0.717, 1.165) is 42.3 Å². The number of hydrogen-bond donors (Lipinski definition) is 0. The third-order valence-corrected chi connectivity index (χ3v) is 19.5. The quantitative estimate of drug-likeness (QED) is 0.135. The molecular weight excluding hydrogens is 978 g/mol. The van der Waals surface area contributed by atoms with Crippen LogP contribution in [0.4, 0.5) is 0 Å². The Morgan fingerprint density at radius 3 is 1.54 bits per heavy atom. The predicted molar refractivity (Wildman–Crippen MR) is 336 cm³/mol. The lowest BCUT2D eigenvalue weighted by Crippen LogP contribution is -2.58. The number of nitrogens with zero attached hydrogens (tertiary/aromatic N) is 2. The van der Waals surface area contributed by atoms with E-state index in [9.17, 15) is 0 Å². The number of benzene rings is 10. The number of fused-ring (bicyclic) bond motifs is 17. The van der Waals surface area contributed by atoms with Gasteiger partial charge < -0.3 is 18.6 Å².